The van der Waals surface area contributed by atoms with Crippen molar-refractivity contribution in [3.63, 3.8) is 0 Å². The number of hydrogen-bond donors (Lipinski definition) is 1. The molecule has 1 saturated heterocycles. The lowest BCUT2D eigenvalue weighted by molar-refractivity contribution is 0.0641. The van der Waals surface area contributed by atoms with Crippen LogP contribution in [0.3, 0.4) is 0 Å². The standard InChI is InChI=1S/C19H24N2O4/c1-14-2-4-16(5-3-14)12-24-13-17-10-18(21-25-17)19(22)20-11-15-6-8-23-9-7-15/h2-5,10,15H,6-9,11-13H2,1H3,(H,20,22). The van der Waals surface area contributed by atoms with Crippen LogP contribution in [0.25, 0.3) is 0 Å². The summed E-state index contributed by atoms with van der Waals surface area (Å²) in [5.74, 6) is 0.810. The van der Waals surface area contributed by atoms with E-state index in [1.54, 1.807) is 6.07 Å². The van der Waals surface area contributed by atoms with Crippen molar-refractivity contribution < 1.29 is 18.8 Å². The molecule has 6 heteroatoms. The first-order valence-electron chi connectivity index (χ1n) is 8.65. The topological polar surface area (TPSA) is 73.6 Å². The number of carbonyl (C=O) groups is 1. The molecule has 1 N–H and O–H groups in total. The van der Waals surface area contributed by atoms with Crippen LogP contribution in [-0.4, -0.2) is 30.8 Å². The van der Waals surface area contributed by atoms with E-state index in [2.05, 4.69) is 10.5 Å². The Morgan fingerprint density at radius 2 is 2.00 bits per heavy atom. The number of hydrogen-bond acceptors (Lipinski definition) is 5. The van der Waals surface area contributed by atoms with E-state index >= 15 is 0 Å². The van der Waals surface area contributed by atoms with Gasteiger partial charge in [-0.1, -0.05) is 35.0 Å². The third-order valence-electron chi connectivity index (χ3n) is 4.32. The van der Waals surface area contributed by atoms with Gasteiger partial charge in [-0.25, -0.2) is 0 Å². The van der Waals surface area contributed by atoms with Gasteiger partial charge in [0.25, 0.3) is 5.91 Å². The minimum Gasteiger partial charge on any atom is -0.381 e. The van der Waals surface area contributed by atoms with Crippen molar-refractivity contribution in [2.45, 2.75) is 33.0 Å². The number of rotatable bonds is 7. The molecule has 3 rings (SSSR count). The Kier molecular flexibility index (Phi) is 6.19. The lowest BCUT2D eigenvalue weighted by Crippen LogP contribution is -2.32. The van der Waals surface area contributed by atoms with Crippen LogP contribution in [0.2, 0.25) is 0 Å². The van der Waals surface area contributed by atoms with Crippen LogP contribution >= 0.6 is 0 Å². The number of aromatic nitrogens is 1. The molecule has 6 nitrogen and oxygen atoms in total. The van der Waals surface area contributed by atoms with E-state index in [1.807, 2.05) is 31.2 Å². The van der Waals surface area contributed by atoms with Crippen LogP contribution in [0, 0.1) is 12.8 Å². The number of benzene rings is 1. The van der Waals surface area contributed by atoms with Gasteiger partial charge >= 0.3 is 0 Å². The monoisotopic (exact) mass is 344 g/mol. The Morgan fingerprint density at radius 1 is 1.24 bits per heavy atom. The minimum atomic E-state index is -0.208. The van der Waals surface area contributed by atoms with Gasteiger partial charge in [-0.05, 0) is 31.2 Å². The molecule has 25 heavy (non-hydrogen) atoms. The van der Waals surface area contributed by atoms with Crippen LogP contribution in [0.4, 0.5) is 0 Å². The number of aryl methyl sites for hydroxylation is 1. The largest absolute Gasteiger partial charge is 0.381 e. The molecule has 0 radical (unpaired) electrons. The van der Waals surface area contributed by atoms with Gasteiger partial charge in [0.2, 0.25) is 0 Å². The van der Waals surface area contributed by atoms with Crippen LogP contribution in [0.15, 0.2) is 34.9 Å². The Hall–Kier alpha value is -2.18. The number of nitrogens with one attached hydrogen (secondary N) is 1. The molecule has 1 aliphatic rings. The number of ether oxygens (including phenoxy) is 2. The molecular formula is C19H24N2O4. The fraction of sp³-hybridized carbons (Fsp3) is 0.474. The van der Waals surface area contributed by atoms with Gasteiger partial charge in [0.15, 0.2) is 11.5 Å². The van der Waals surface area contributed by atoms with Crippen LogP contribution in [-0.2, 0) is 22.7 Å². The number of amides is 1. The summed E-state index contributed by atoms with van der Waals surface area (Å²) in [5, 5.41) is 6.74. The van der Waals surface area contributed by atoms with E-state index in [0.717, 1.165) is 31.6 Å². The molecule has 1 fully saturated rings. The highest BCUT2D eigenvalue weighted by molar-refractivity contribution is 5.92. The van der Waals surface area contributed by atoms with Crippen LogP contribution in [0.1, 0.15) is 40.2 Å². The zero-order valence-corrected chi connectivity index (χ0v) is 14.5. The third kappa shape index (κ3) is 5.41. The average molecular weight is 344 g/mol. The van der Waals surface area contributed by atoms with E-state index < -0.39 is 0 Å². The first-order valence-corrected chi connectivity index (χ1v) is 8.65. The van der Waals surface area contributed by atoms with Crippen molar-refractivity contribution >= 4 is 5.91 Å². The Morgan fingerprint density at radius 3 is 2.76 bits per heavy atom. The molecule has 1 aliphatic heterocycles. The minimum absolute atomic E-state index is 0.208. The van der Waals surface area contributed by atoms with Gasteiger partial charge in [0, 0.05) is 25.8 Å². The molecule has 1 amide bonds. The highest BCUT2D eigenvalue weighted by Gasteiger charge is 2.17. The van der Waals surface area contributed by atoms with Crippen molar-refractivity contribution in [2.75, 3.05) is 19.8 Å². The summed E-state index contributed by atoms with van der Waals surface area (Å²) in [6.45, 7) is 5.02. The normalized spacial score (nSPS) is 15.2. The van der Waals surface area contributed by atoms with Crippen molar-refractivity contribution in [3.8, 4) is 0 Å². The molecule has 1 aromatic carbocycles. The molecule has 0 saturated carbocycles. The molecule has 0 aliphatic carbocycles. The van der Waals surface area contributed by atoms with Crippen molar-refractivity contribution in [1.82, 2.24) is 10.5 Å². The highest BCUT2D eigenvalue weighted by Crippen LogP contribution is 2.14. The highest BCUT2D eigenvalue weighted by atomic mass is 16.5. The molecule has 134 valence electrons. The summed E-state index contributed by atoms with van der Waals surface area (Å²) < 4.78 is 16.1. The molecule has 0 unspecified atom stereocenters. The van der Waals surface area contributed by atoms with Gasteiger partial charge in [-0.2, -0.15) is 0 Å². The summed E-state index contributed by atoms with van der Waals surface area (Å²) in [7, 11) is 0. The molecule has 1 aromatic heterocycles. The van der Waals surface area contributed by atoms with Gasteiger partial charge < -0.3 is 19.3 Å². The summed E-state index contributed by atoms with van der Waals surface area (Å²) in [6, 6.07) is 9.80. The van der Waals surface area contributed by atoms with Crippen molar-refractivity contribution in [2.24, 2.45) is 5.92 Å². The average Bonchev–Trinajstić information content (AvgIpc) is 3.11. The maximum Gasteiger partial charge on any atom is 0.273 e. The predicted molar refractivity (Wildman–Crippen MR) is 92.1 cm³/mol. The Balaban J connectivity index is 1.41. The lowest BCUT2D eigenvalue weighted by Gasteiger charge is -2.21. The quantitative estimate of drug-likeness (QED) is 0.836. The molecule has 0 spiro atoms. The SMILES string of the molecule is Cc1ccc(COCc2cc(C(=O)NCC3CCOCC3)no2)cc1. The van der Waals surface area contributed by atoms with Gasteiger partial charge in [0.05, 0.1) is 6.61 Å². The fourth-order valence-corrected chi connectivity index (χ4v) is 2.72. The Labute approximate surface area is 147 Å². The van der Waals surface area contributed by atoms with Gasteiger partial charge in [-0.3, -0.25) is 4.79 Å². The zero-order chi connectivity index (χ0) is 17.5. The predicted octanol–water partition coefficient (Wildman–Crippen LogP) is 2.86. The zero-order valence-electron chi connectivity index (χ0n) is 14.5. The maximum atomic E-state index is 12.1. The summed E-state index contributed by atoms with van der Waals surface area (Å²) in [5.41, 5.74) is 2.61. The van der Waals surface area contributed by atoms with Gasteiger partial charge in [-0.15, -0.1) is 0 Å². The van der Waals surface area contributed by atoms with E-state index in [0.29, 0.717) is 30.5 Å². The van der Waals surface area contributed by atoms with E-state index in [-0.39, 0.29) is 12.5 Å². The van der Waals surface area contributed by atoms with Crippen LogP contribution < -0.4 is 5.32 Å². The lowest BCUT2D eigenvalue weighted by atomic mass is 10.0. The first kappa shape index (κ1) is 17.6. The second-order valence-electron chi connectivity index (χ2n) is 6.42. The van der Waals surface area contributed by atoms with Crippen molar-refractivity contribution in [1.29, 1.82) is 0 Å². The van der Waals surface area contributed by atoms with Gasteiger partial charge in [0.1, 0.15) is 6.61 Å². The second-order valence-corrected chi connectivity index (χ2v) is 6.42. The fourth-order valence-electron chi connectivity index (χ4n) is 2.72. The first-order chi connectivity index (χ1) is 12.2. The smallest absolute Gasteiger partial charge is 0.273 e. The summed E-state index contributed by atoms with van der Waals surface area (Å²) in [6.07, 6.45) is 1.97. The second kappa shape index (κ2) is 8.78. The third-order valence-corrected chi connectivity index (χ3v) is 4.32. The van der Waals surface area contributed by atoms with Crippen molar-refractivity contribution in [3.05, 3.63) is 52.9 Å². The summed E-state index contributed by atoms with van der Waals surface area (Å²) >= 11 is 0. The molecule has 0 atom stereocenters. The summed E-state index contributed by atoms with van der Waals surface area (Å²) in [4.78, 5) is 12.1. The number of nitrogens with zero attached hydrogens (tertiary/aromatic N) is 1. The molecule has 0 bridgehead atoms. The van der Waals surface area contributed by atoms with E-state index in [1.165, 1.54) is 5.56 Å². The van der Waals surface area contributed by atoms with E-state index in [4.69, 9.17) is 14.0 Å². The molecule has 2 heterocycles. The van der Waals surface area contributed by atoms with Crippen LogP contribution in [0.5, 0.6) is 0 Å². The number of carbonyl (C=O) groups excluding carboxylic acids is 1. The molecule has 2 aromatic rings. The van der Waals surface area contributed by atoms with E-state index in [9.17, 15) is 4.79 Å². The molecular weight excluding hydrogens is 320 g/mol. The Bertz CT molecular complexity index is 675. The maximum absolute atomic E-state index is 12.1.